The minimum absolute atomic E-state index is 0.0336. The van der Waals surface area contributed by atoms with E-state index in [1.165, 1.54) is 19.2 Å². The molecule has 1 unspecified atom stereocenters. The molecule has 1 atom stereocenters. The van der Waals surface area contributed by atoms with E-state index in [-0.39, 0.29) is 28.7 Å². The first-order valence-corrected chi connectivity index (χ1v) is 7.53. The Balaban J connectivity index is 2.19. The number of benzene rings is 1. The summed E-state index contributed by atoms with van der Waals surface area (Å²) in [5.74, 6) is -1.56. The predicted octanol–water partition coefficient (Wildman–Crippen LogP) is 1.14. The zero-order valence-electron chi connectivity index (χ0n) is 13.7. The number of nitriles is 1. The maximum absolute atomic E-state index is 12.2. The van der Waals surface area contributed by atoms with Gasteiger partial charge < -0.3 is 24.7 Å². The molecule has 0 bridgehead atoms. The number of ether oxygens (including phenoxy) is 2. The molecule has 2 heterocycles. The molecule has 26 heavy (non-hydrogen) atoms. The largest absolute Gasteiger partial charge is 0.465 e. The third-order valence-electron chi connectivity index (χ3n) is 3.95. The lowest BCUT2D eigenvalue weighted by Crippen LogP contribution is -2.25. The van der Waals surface area contributed by atoms with Gasteiger partial charge in [0.1, 0.15) is 24.0 Å². The number of nitrogens with zero attached hydrogens (tertiary/aromatic N) is 1. The molecule has 2 aromatic rings. The van der Waals surface area contributed by atoms with Crippen molar-refractivity contribution in [2.75, 3.05) is 7.11 Å². The van der Waals surface area contributed by atoms with Crippen LogP contribution in [-0.4, -0.2) is 18.2 Å². The summed E-state index contributed by atoms with van der Waals surface area (Å²) in [7, 11) is 1.27. The van der Waals surface area contributed by atoms with E-state index in [2.05, 4.69) is 4.74 Å². The van der Waals surface area contributed by atoms with Crippen molar-refractivity contribution in [2.24, 2.45) is 5.73 Å². The molecular formula is C18H14N2O6. The molecular weight excluding hydrogens is 340 g/mol. The topological polar surface area (TPSA) is 136 Å². The first-order chi connectivity index (χ1) is 12.5. The molecule has 0 radical (unpaired) electrons. The lowest BCUT2D eigenvalue weighted by atomic mass is 9.87. The van der Waals surface area contributed by atoms with Crippen LogP contribution in [0.2, 0.25) is 0 Å². The fourth-order valence-electron chi connectivity index (χ4n) is 2.72. The Morgan fingerprint density at radius 3 is 2.65 bits per heavy atom. The summed E-state index contributed by atoms with van der Waals surface area (Å²) in [4.78, 5) is 23.8. The van der Waals surface area contributed by atoms with Crippen LogP contribution in [0.3, 0.4) is 0 Å². The van der Waals surface area contributed by atoms with Crippen LogP contribution in [0, 0.1) is 11.3 Å². The molecule has 8 nitrogen and oxygen atoms in total. The molecule has 1 aliphatic heterocycles. The average Bonchev–Trinajstić information content (AvgIpc) is 2.67. The van der Waals surface area contributed by atoms with Gasteiger partial charge >= 0.3 is 5.97 Å². The van der Waals surface area contributed by atoms with Gasteiger partial charge in [-0.2, -0.15) is 5.26 Å². The number of rotatable bonds is 3. The molecule has 3 rings (SSSR count). The average molecular weight is 354 g/mol. The quantitative estimate of drug-likeness (QED) is 0.783. The Morgan fingerprint density at radius 2 is 2.08 bits per heavy atom. The van der Waals surface area contributed by atoms with Crippen molar-refractivity contribution >= 4 is 5.97 Å². The molecule has 8 heteroatoms. The molecule has 1 aromatic heterocycles. The molecule has 3 N–H and O–H groups in total. The van der Waals surface area contributed by atoms with Crippen LogP contribution in [0.4, 0.5) is 0 Å². The summed E-state index contributed by atoms with van der Waals surface area (Å²) in [6.45, 7) is -0.488. The molecule has 0 fully saturated rings. The monoisotopic (exact) mass is 354 g/mol. The highest BCUT2D eigenvalue weighted by molar-refractivity contribution is 5.89. The van der Waals surface area contributed by atoms with E-state index in [0.29, 0.717) is 11.1 Å². The Morgan fingerprint density at radius 1 is 1.38 bits per heavy atom. The zero-order chi connectivity index (χ0) is 18.8. The number of nitrogens with two attached hydrogens (primary N) is 1. The Hall–Kier alpha value is -3.57. The third kappa shape index (κ3) is 2.81. The van der Waals surface area contributed by atoms with Gasteiger partial charge in [0.2, 0.25) is 17.1 Å². The number of hydrogen-bond donors (Lipinski definition) is 2. The number of allylic oxidation sites excluding steroid dienone is 1. The van der Waals surface area contributed by atoms with Crippen LogP contribution >= 0.6 is 0 Å². The van der Waals surface area contributed by atoms with Crippen LogP contribution in [-0.2, 0) is 11.3 Å². The Kier molecular flexibility index (Phi) is 4.47. The maximum atomic E-state index is 12.2. The summed E-state index contributed by atoms with van der Waals surface area (Å²) >= 11 is 0. The first-order valence-electron chi connectivity index (χ1n) is 7.53. The van der Waals surface area contributed by atoms with Crippen molar-refractivity contribution in [1.29, 1.82) is 5.26 Å². The summed E-state index contributed by atoms with van der Waals surface area (Å²) < 4.78 is 15.5. The van der Waals surface area contributed by atoms with Crippen molar-refractivity contribution in [3.63, 3.8) is 0 Å². The van der Waals surface area contributed by atoms with E-state index in [0.717, 1.165) is 6.07 Å². The van der Waals surface area contributed by atoms with Gasteiger partial charge in [-0.3, -0.25) is 4.79 Å². The van der Waals surface area contributed by atoms with Gasteiger partial charge in [0, 0.05) is 6.07 Å². The van der Waals surface area contributed by atoms with Gasteiger partial charge in [-0.25, -0.2) is 4.79 Å². The molecule has 132 valence electrons. The van der Waals surface area contributed by atoms with Crippen molar-refractivity contribution in [1.82, 2.24) is 0 Å². The van der Waals surface area contributed by atoms with Gasteiger partial charge in [0.05, 0.1) is 18.6 Å². The summed E-state index contributed by atoms with van der Waals surface area (Å²) in [5, 5.41) is 18.8. The zero-order valence-corrected chi connectivity index (χ0v) is 13.7. The summed E-state index contributed by atoms with van der Waals surface area (Å²) in [6.07, 6.45) is 0. The SMILES string of the molecule is COC(=O)c1ccc(C2C(C#N)=C(N)Oc3c2oc(CO)cc3=O)cc1. The van der Waals surface area contributed by atoms with Crippen LogP contribution in [0.5, 0.6) is 5.75 Å². The highest BCUT2D eigenvalue weighted by Gasteiger charge is 2.35. The van der Waals surface area contributed by atoms with Crippen molar-refractivity contribution in [2.45, 2.75) is 12.5 Å². The van der Waals surface area contributed by atoms with Crippen LogP contribution < -0.4 is 15.9 Å². The second kappa shape index (κ2) is 6.74. The number of methoxy groups -OCH3 is 1. The van der Waals surface area contributed by atoms with E-state index in [9.17, 15) is 20.0 Å². The number of hydrogen-bond acceptors (Lipinski definition) is 8. The van der Waals surface area contributed by atoms with Gasteiger partial charge in [-0.15, -0.1) is 0 Å². The summed E-state index contributed by atoms with van der Waals surface area (Å²) in [5.41, 5.74) is 6.22. The second-order valence-electron chi connectivity index (χ2n) is 5.47. The minimum atomic E-state index is -0.811. The Bertz CT molecular complexity index is 998. The molecule has 0 saturated carbocycles. The lowest BCUT2D eigenvalue weighted by molar-refractivity contribution is 0.0600. The standard InChI is InChI=1S/C18H14N2O6/c1-24-18(23)10-4-2-9(3-5-10)14-12(7-19)17(20)26-15-13(22)6-11(8-21)25-16(14)15/h2-6,14,21H,8,20H2,1H3. The first kappa shape index (κ1) is 17.3. The number of fused-ring (bicyclic) bond motifs is 1. The van der Waals surface area contributed by atoms with E-state index in [1.807, 2.05) is 6.07 Å². The molecule has 1 aromatic carbocycles. The molecule has 0 spiro atoms. The lowest BCUT2D eigenvalue weighted by Gasteiger charge is -2.24. The highest BCUT2D eigenvalue weighted by Crippen LogP contribution is 2.40. The normalized spacial score (nSPS) is 15.7. The fourth-order valence-corrected chi connectivity index (χ4v) is 2.72. The van der Waals surface area contributed by atoms with Crippen LogP contribution in [0.25, 0.3) is 0 Å². The van der Waals surface area contributed by atoms with E-state index >= 15 is 0 Å². The third-order valence-corrected chi connectivity index (χ3v) is 3.95. The van der Waals surface area contributed by atoms with Crippen LogP contribution in [0.1, 0.15) is 33.4 Å². The minimum Gasteiger partial charge on any atom is -0.465 e. The van der Waals surface area contributed by atoms with Gasteiger partial charge in [-0.1, -0.05) is 12.1 Å². The fraction of sp³-hybridized carbons (Fsp3) is 0.167. The smallest absolute Gasteiger partial charge is 0.337 e. The van der Waals surface area contributed by atoms with Crippen molar-refractivity contribution < 1.29 is 23.8 Å². The molecule has 0 saturated heterocycles. The van der Waals surface area contributed by atoms with Gasteiger partial charge in [-0.05, 0) is 17.7 Å². The number of carbonyl (C=O) groups excluding carboxylic acids is 1. The molecule has 0 aliphatic carbocycles. The van der Waals surface area contributed by atoms with Gasteiger partial charge in [0.25, 0.3) is 0 Å². The number of esters is 1. The molecule has 0 amide bonds. The molecule has 1 aliphatic rings. The maximum Gasteiger partial charge on any atom is 0.337 e. The van der Waals surface area contributed by atoms with Gasteiger partial charge in [0.15, 0.2) is 5.76 Å². The predicted molar refractivity (Wildman–Crippen MR) is 88.0 cm³/mol. The second-order valence-corrected chi connectivity index (χ2v) is 5.47. The summed E-state index contributed by atoms with van der Waals surface area (Å²) in [6, 6.07) is 9.31. The van der Waals surface area contributed by atoms with E-state index in [4.69, 9.17) is 14.9 Å². The van der Waals surface area contributed by atoms with Crippen molar-refractivity contribution in [3.05, 3.63) is 74.7 Å². The highest BCUT2D eigenvalue weighted by atomic mass is 16.5. The van der Waals surface area contributed by atoms with E-state index < -0.39 is 23.9 Å². The number of aliphatic hydroxyl groups excluding tert-OH is 1. The van der Waals surface area contributed by atoms with E-state index in [1.54, 1.807) is 12.1 Å². The van der Waals surface area contributed by atoms with Crippen molar-refractivity contribution in [3.8, 4) is 11.8 Å². The number of aliphatic hydroxyl groups is 1. The Labute approximate surface area is 147 Å². The number of carbonyl (C=O) groups is 1. The van der Waals surface area contributed by atoms with Crippen LogP contribution in [0.15, 0.2) is 51.0 Å².